The van der Waals surface area contributed by atoms with Gasteiger partial charge in [0.2, 0.25) is 10.0 Å². The molecule has 0 radical (unpaired) electrons. The number of carbonyl (C=O) groups is 2. The molecule has 2 aromatic rings. The van der Waals surface area contributed by atoms with Gasteiger partial charge in [0, 0.05) is 29.6 Å². The largest absolute Gasteiger partial charge is 0.481 e. The predicted molar refractivity (Wildman–Crippen MR) is 96.8 cm³/mol. The highest BCUT2D eigenvalue weighted by molar-refractivity contribution is 7.89. The van der Waals surface area contributed by atoms with Crippen LogP contribution < -0.4 is 0 Å². The third-order valence-corrected chi connectivity index (χ3v) is 6.94. The maximum atomic E-state index is 13.3. The van der Waals surface area contributed by atoms with Crippen LogP contribution in [0.3, 0.4) is 0 Å². The molecule has 1 fully saturated rings. The molecule has 0 amide bonds. The number of hydrogen-bond acceptors (Lipinski definition) is 6. The highest BCUT2D eigenvalue weighted by atomic mass is 32.2. The fraction of sp³-hybridized carbons (Fsp3) is 0.389. The topological polar surface area (TPSA) is 114 Å². The van der Waals surface area contributed by atoms with Gasteiger partial charge in [0.25, 0.3) is 0 Å². The number of piperidine rings is 1. The van der Waals surface area contributed by atoms with Crippen LogP contribution in [0.4, 0.5) is 0 Å². The first-order valence-corrected chi connectivity index (χ1v) is 9.92. The Morgan fingerprint density at radius 1 is 1.22 bits per heavy atom. The van der Waals surface area contributed by atoms with Crippen molar-refractivity contribution in [1.29, 1.82) is 0 Å². The van der Waals surface area contributed by atoms with Crippen molar-refractivity contribution in [3.63, 3.8) is 0 Å². The Kier molecular flexibility index (Phi) is 5.16. The minimum Gasteiger partial charge on any atom is -0.481 e. The second-order valence-corrected chi connectivity index (χ2v) is 8.40. The lowest BCUT2D eigenvalue weighted by Crippen LogP contribution is -2.47. The van der Waals surface area contributed by atoms with E-state index >= 15 is 0 Å². The van der Waals surface area contributed by atoms with Gasteiger partial charge in [-0.05, 0) is 31.9 Å². The number of nitrogens with zero attached hydrogens (tertiary/aromatic N) is 2. The summed E-state index contributed by atoms with van der Waals surface area (Å²) in [5, 5.41) is 10.0. The molecule has 27 heavy (non-hydrogen) atoms. The second-order valence-electron chi connectivity index (χ2n) is 6.54. The molecule has 0 aliphatic carbocycles. The maximum Gasteiger partial charge on any atom is 0.357 e. The fourth-order valence-corrected chi connectivity index (χ4v) is 5.31. The van der Waals surface area contributed by atoms with Gasteiger partial charge < -0.3 is 9.84 Å². The number of fused-ring (bicyclic) bond motifs is 1. The quantitative estimate of drug-likeness (QED) is 0.790. The Balaban J connectivity index is 2.13. The zero-order valence-corrected chi connectivity index (χ0v) is 15.8. The van der Waals surface area contributed by atoms with Crippen LogP contribution in [0, 0.1) is 5.92 Å². The Labute approximate surface area is 156 Å². The van der Waals surface area contributed by atoms with Crippen molar-refractivity contribution in [2.45, 2.75) is 30.7 Å². The van der Waals surface area contributed by atoms with Crippen LogP contribution in [-0.4, -0.2) is 54.4 Å². The van der Waals surface area contributed by atoms with Crippen LogP contribution in [-0.2, 0) is 19.6 Å². The molecule has 0 bridgehead atoms. The predicted octanol–water partition coefficient (Wildman–Crippen LogP) is 1.90. The van der Waals surface area contributed by atoms with Crippen molar-refractivity contribution in [1.82, 2.24) is 9.29 Å². The van der Waals surface area contributed by atoms with Crippen molar-refractivity contribution >= 4 is 32.7 Å². The Morgan fingerprint density at radius 2 is 1.96 bits per heavy atom. The lowest BCUT2D eigenvalue weighted by atomic mass is 9.96. The minimum absolute atomic E-state index is 0.0189. The van der Waals surface area contributed by atoms with E-state index in [1.165, 1.54) is 35.8 Å². The lowest BCUT2D eigenvalue weighted by molar-refractivity contribution is -0.143. The van der Waals surface area contributed by atoms with E-state index in [9.17, 15) is 23.1 Å². The van der Waals surface area contributed by atoms with Crippen LogP contribution in [0.1, 0.15) is 30.3 Å². The van der Waals surface area contributed by atoms with Crippen LogP contribution in [0.25, 0.3) is 10.8 Å². The molecule has 2 unspecified atom stereocenters. The number of methoxy groups -OCH3 is 1. The number of rotatable bonds is 4. The van der Waals surface area contributed by atoms with Gasteiger partial charge in [0.15, 0.2) is 5.69 Å². The number of benzene rings is 1. The van der Waals surface area contributed by atoms with E-state index in [0.717, 1.165) is 0 Å². The molecule has 2 atom stereocenters. The molecule has 1 aliphatic rings. The molecule has 9 heteroatoms. The van der Waals surface area contributed by atoms with E-state index < -0.39 is 27.9 Å². The van der Waals surface area contributed by atoms with Crippen molar-refractivity contribution in [3.05, 3.63) is 36.2 Å². The van der Waals surface area contributed by atoms with Gasteiger partial charge in [0.1, 0.15) is 0 Å². The Hall–Kier alpha value is -2.52. The molecule has 8 nitrogen and oxygen atoms in total. The molecule has 1 aliphatic heterocycles. The first-order chi connectivity index (χ1) is 12.8. The molecule has 1 aromatic carbocycles. The zero-order chi connectivity index (χ0) is 19.8. The van der Waals surface area contributed by atoms with Crippen LogP contribution in [0.2, 0.25) is 0 Å². The summed E-state index contributed by atoms with van der Waals surface area (Å²) < 4.78 is 32.6. The minimum atomic E-state index is -3.96. The maximum absolute atomic E-state index is 13.3. The van der Waals surface area contributed by atoms with Crippen LogP contribution in [0.15, 0.2) is 35.4 Å². The highest BCUT2D eigenvalue weighted by Gasteiger charge is 2.38. The summed E-state index contributed by atoms with van der Waals surface area (Å²) in [7, 11) is -2.74. The number of pyridine rings is 1. The van der Waals surface area contributed by atoms with Crippen LogP contribution >= 0.6 is 0 Å². The van der Waals surface area contributed by atoms with Crippen molar-refractivity contribution in [3.8, 4) is 0 Å². The lowest BCUT2D eigenvalue weighted by Gasteiger charge is -2.35. The molecule has 144 valence electrons. The van der Waals surface area contributed by atoms with Gasteiger partial charge in [-0.25, -0.2) is 18.2 Å². The summed E-state index contributed by atoms with van der Waals surface area (Å²) >= 11 is 0. The average Bonchev–Trinajstić information content (AvgIpc) is 2.66. The number of sulfonamides is 1. The van der Waals surface area contributed by atoms with E-state index in [1.54, 1.807) is 13.0 Å². The fourth-order valence-electron chi connectivity index (χ4n) is 3.40. The van der Waals surface area contributed by atoms with Crippen molar-refractivity contribution in [2.75, 3.05) is 13.7 Å². The third kappa shape index (κ3) is 3.40. The van der Waals surface area contributed by atoms with E-state index in [4.69, 9.17) is 4.74 Å². The normalized spacial score (nSPS) is 21.1. The molecule has 0 spiro atoms. The van der Waals surface area contributed by atoms with Gasteiger partial charge in [0.05, 0.1) is 17.9 Å². The first-order valence-electron chi connectivity index (χ1n) is 8.48. The summed E-state index contributed by atoms with van der Waals surface area (Å²) in [6, 6.07) is 5.80. The SMILES string of the molecule is COC(=O)c1nccc2c(S(=O)(=O)N3CC(C(=O)O)CCC3C)cccc12. The van der Waals surface area contributed by atoms with Crippen molar-refractivity contribution in [2.24, 2.45) is 5.92 Å². The molecule has 0 saturated carbocycles. The van der Waals surface area contributed by atoms with Gasteiger partial charge in [-0.15, -0.1) is 0 Å². The van der Waals surface area contributed by atoms with Gasteiger partial charge in [-0.1, -0.05) is 12.1 Å². The highest BCUT2D eigenvalue weighted by Crippen LogP contribution is 2.32. The molecular formula is C18H20N2O6S. The Morgan fingerprint density at radius 3 is 2.63 bits per heavy atom. The number of ether oxygens (including phenoxy) is 1. The summed E-state index contributed by atoms with van der Waals surface area (Å²) in [5.41, 5.74) is 0.0298. The van der Waals surface area contributed by atoms with Gasteiger partial charge in [-0.3, -0.25) is 4.79 Å². The number of esters is 1. The van der Waals surface area contributed by atoms with E-state index in [1.807, 2.05) is 0 Å². The summed E-state index contributed by atoms with van der Waals surface area (Å²) in [5.74, 6) is -2.40. The molecule has 1 saturated heterocycles. The van der Waals surface area contributed by atoms with E-state index in [0.29, 0.717) is 23.6 Å². The summed E-state index contributed by atoms with van der Waals surface area (Å²) in [6.45, 7) is 1.69. The average molecular weight is 392 g/mol. The zero-order valence-electron chi connectivity index (χ0n) is 15.0. The summed E-state index contributed by atoms with van der Waals surface area (Å²) in [6.07, 6.45) is 2.26. The third-order valence-electron chi connectivity index (χ3n) is 4.91. The number of carboxylic acid groups (broad SMARTS) is 1. The van der Waals surface area contributed by atoms with Gasteiger partial charge in [-0.2, -0.15) is 4.31 Å². The molecule has 2 heterocycles. The monoisotopic (exact) mass is 392 g/mol. The number of carbonyl (C=O) groups excluding carboxylic acids is 1. The number of hydrogen-bond donors (Lipinski definition) is 1. The van der Waals surface area contributed by atoms with E-state index in [2.05, 4.69) is 4.98 Å². The number of aliphatic carboxylic acids is 1. The van der Waals surface area contributed by atoms with E-state index in [-0.39, 0.29) is 23.2 Å². The summed E-state index contributed by atoms with van der Waals surface area (Å²) in [4.78, 5) is 27.3. The smallest absolute Gasteiger partial charge is 0.357 e. The molecule has 1 N–H and O–H groups in total. The number of carboxylic acids is 1. The second kappa shape index (κ2) is 7.24. The van der Waals surface area contributed by atoms with Gasteiger partial charge >= 0.3 is 11.9 Å². The first kappa shape index (κ1) is 19.2. The Bertz CT molecular complexity index is 1000. The molecular weight excluding hydrogens is 372 g/mol. The molecule has 1 aromatic heterocycles. The number of aromatic nitrogens is 1. The molecule has 3 rings (SSSR count). The standard InChI is InChI=1S/C18H20N2O6S/c1-11-6-7-12(17(21)22)10-20(11)27(24,25)15-5-3-4-14-13(15)8-9-19-16(14)18(23)26-2/h3-5,8-9,11-12H,6-7,10H2,1-2H3,(H,21,22). The van der Waals surface area contributed by atoms with Crippen LogP contribution in [0.5, 0.6) is 0 Å². The van der Waals surface area contributed by atoms with Crippen molar-refractivity contribution < 1.29 is 27.9 Å².